The van der Waals surface area contributed by atoms with Crippen LogP contribution >= 0.6 is 0 Å². The number of aldehydes is 1. The van der Waals surface area contributed by atoms with Crippen LogP contribution in [0.4, 0.5) is 4.39 Å². The van der Waals surface area contributed by atoms with Gasteiger partial charge in [-0.2, -0.15) is 5.10 Å². The van der Waals surface area contributed by atoms with Gasteiger partial charge >= 0.3 is 0 Å². The first-order chi connectivity index (χ1) is 10.2. The SMILES string of the molecule is CCC(CC)n1ccc(COc2c(F)cccc2C=O)n1. The topological polar surface area (TPSA) is 44.1 Å². The molecule has 0 aliphatic heterocycles. The molecule has 0 aliphatic rings. The normalized spacial score (nSPS) is 10.9. The molecule has 0 bridgehead atoms. The Kier molecular flexibility index (Phi) is 5.09. The molecule has 5 heteroatoms. The largest absolute Gasteiger partial charge is 0.483 e. The minimum absolute atomic E-state index is 0.0235. The molecule has 0 saturated carbocycles. The smallest absolute Gasteiger partial charge is 0.166 e. The van der Waals surface area contributed by atoms with Crippen molar-refractivity contribution in [2.45, 2.75) is 39.3 Å². The highest BCUT2D eigenvalue weighted by atomic mass is 19.1. The number of carbonyl (C=O) groups is 1. The van der Waals surface area contributed by atoms with E-state index in [1.807, 2.05) is 16.9 Å². The van der Waals surface area contributed by atoms with Gasteiger partial charge in [0.25, 0.3) is 0 Å². The van der Waals surface area contributed by atoms with E-state index in [1.54, 1.807) is 0 Å². The summed E-state index contributed by atoms with van der Waals surface area (Å²) < 4.78 is 21.0. The second kappa shape index (κ2) is 7.02. The van der Waals surface area contributed by atoms with Gasteiger partial charge in [-0.3, -0.25) is 9.48 Å². The Balaban J connectivity index is 2.09. The highest BCUT2D eigenvalue weighted by Crippen LogP contribution is 2.22. The summed E-state index contributed by atoms with van der Waals surface area (Å²) in [6.07, 6.45) is 4.49. The molecule has 1 heterocycles. The lowest BCUT2D eigenvalue weighted by Gasteiger charge is -2.12. The van der Waals surface area contributed by atoms with Crippen LogP contribution in [0.15, 0.2) is 30.5 Å². The summed E-state index contributed by atoms with van der Waals surface area (Å²) >= 11 is 0. The first-order valence-corrected chi connectivity index (χ1v) is 7.10. The zero-order chi connectivity index (χ0) is 15.2. The Bertz CT molecular complexity index is 606. The van der Waals surface area contributed by atoms with Crippen molar-refractivity contribution in [1.29, 1.82) is 0 Å². The standard InChI is InChI=1S/C16H19FN2O2/c1-3-14(4-2)19-9-8-13(18-19)11-21-16-12(10-20)6-5-7-15(16)17/h5-10,14H,3-4,11H2,1-2H3. The molecular weight excluding hydrogens is 271 g/mol. The zero-order valence-electron chi connectivity index (χ0n) is 12.3. The predicted molar refractivity (Wildman–Crippen MR) is 78.0 cm³/mol. The van der Waals surface area contributed by atoms with Gasteiger partial charge in [-0.15, -0.1) is 0 Å². The van der Waals surface area contributed by atoms with E-state index in [9.17, 15) is 9.18 Å². The predicted octanol–water partition coefficient (Wildman–Crippen LogP) is 3.77. The zero-order valence-corrected chi connectivity index (χ0v) is 12.3. The fourth-order valence-corrected chi connectivity index (χ4v) is 2.24. The third kappa shape index (κ3) is 3.48. The number of aromatic nitrogens is 2. The maximum Gasteiger partial charge on any atom is 0.166 e. The number of hydrogen-bond donors (Lipinski definition) is 0. The third-order valence-electron chi connectivity index (χ3n) is 3.47. The fourth-order valence-electron chi connectivity index (χ4n) is 2.24. The molecule has 0 unspecified atom stereocenters. The Morgan fingerprint density at radius 1 is 1.33 bits per heavy atom. The highest BCUT2D eigenvalue weighted by Gasteiger charge is 2.12. The van der Waals surface area contributed by atoms with Crippen LogP contribution in [-0.4, -0.2) is 16.1 Å². The number of carbonyl (C=O) groups excluding carboxylic acids is 1. The van der Waals surface area contributed by atoms with Crippen molar-refractivity contribution in [1.82, 2.24) is 9.78 Å². The van der Waals surface area contributed by atoms with Crippen molar-refractivity contribution in [3.63, 3.8) is 0 Å². The first kappa shape index (κ1) is 15.2. The molecule has 2 rings (SSSR count). The lowest BCUT2D eigenvalue weighted by atomic mass is 10.2. The van der Waals surface area contributed by atoms with Crippen molar-refractivity contribution in [3.05, 3.63) is 47.5 Å². The van der Waals surface area contributed by atoms with Crippen molar-refractivity contribution in [2.24, 2.45) is 0 Å². The molecule has 0 atom stereocenters. The molecule has 4 nitrogen and oxygen atoms in total. The molecule has 0 N–H and O–H groups in total. The van der Waals surface area contributed by atoms with Gasteiger partial charge in [0.05, 0.1) is 17.3 Å². The summed E-state index contributed by atoms with van der Waals surface area (Å²) in [6.45, 7) is 4.36. The van der Waals surface area contributed by atoms with E-state index in [1.165, 1.54) is 18.2 Å². The Morgan fingerprint density at radius 3 is 2.76 bits per heavy atom. The molecule has 0 saturated heterocycles. The van der Waals surface area contributed by atoms with Crippen LogP contribution in [-0.2, 0) is 6.61 Å². The van der Waals surface area contributed by atoms with E-state index in [2.05, 4.69) is 18.9 Å². The van der Waals surface area contributed by atoms with Gasteiger partial charge in [0.2, 0.25) is 0 Å². The van der Waals surface area contributed by atoms with Gasteiger partial charge < -0.3 is 4.74 Å². The van der Waals surface area contributed by atoms with E-state index >= 15 is 0 Å². The van der Waals surface area contributed by atoms with Crippen LogP contribution < -0.4 is 4.74 Å². The average molecular weight is 290 g/mol. The molecule has 112 valence electrons. The van der Waals surface area contributed by atoms with E-state index in [0.717, 1.165) is 12.8 Å². The molecule has 0 amide bonds. The third-order valence-corrected chi connectivity index (χ3v) is 3.47. The number of para-hydroxylation sites is 1. The summed E-state index contributed by atoms with van der Waals surface area (Å²) in [5, 5.41) is 4.43. The van der Waals surface area contributed by atoms with Crippen molar-refractivity contribution < 1.29 is 13.9 Å². The lowest BCUT2D eigenvalue weighted by Crippen LogP contribution is -2.08. The monoisotopic (exact) mass is 290 g/mol. The summed E-state index contributed by atoms with van der Waals surface area (Å²) in [5.74, 6) is -0.566. The second-order valence-electron chi connectivity index (χ2n) is 4.82. The minimum atomic E-state index is -0.543. The van der Waals surface area contributed by atoms with E-state index in [0.29, 0.717) is 18.0 Å². The molecule has 1 aromatic carbocycles. The van der Waals surface area contributed by atoms with Crippen LogP contribution in [0.25, 0.3) is 0 Å². The van der Waals surface area contributed by atoms with E-state index in [-0.39, 0.29) is 17.9 Å². The molecular formula is C16H19FN2O2. The van der Waals surface area contributed by atoms with E-state index < -0.39 is 5.82 Å². The maximum atomic E-state index is 13.7. The van der Waals surface area contributed by atoms with Gasteiger partial charge in [0.15, 0.2) is 17.9 Å². The summed E-state index contributed by atoms with van der Waals surface area (Å²) in [5.41, 5.74) is 0.913. The first-order valence-electron chi connectivity index (χ1n) is 7.10. The molecule has 21 heavy (non-hydrogen) atoms. The quantitative estimate of drug-likeness (QED) is 0.729. The number of hydrogen-bond acceptors (Lipinski definition) is 3. The maximum absolute atomic E-state index is 13.7. The molecule has 0 aliphatic carbocycles. The van der Waals surface area contributed by atoms with Crippen LogP contribution in [0.5, 0.6) is 5.75 Å². The Labute approximate surface area is 123 Å². The Hall–Kier alpha value is -2.17. The fraction of sp³-hybridized carbons (Fsp3) is 0.375. The number of nitrogens with zero attached hydrogens (tertiary/aromatic N) is 2. The molecule has 0 spiro atoms. The van der Waals surface area contributed by atoms with Crippen LogP contribution in [0, 0.1) is 5.82 Å². The number of rotatable bonds is 7. The molecule has 0 radical (unpaired) electrons. The molecule has 0 fully saturated rings. The average Bonchev–Trinajstić information content (AvgIpc) is 2.96. The van der Waals surface area contributed by atoms with Crippen molar-refractivity contribution in [2.75, 3.05) is 0 Å². The van der Waals surface area contributed by atoms with Crippen molar-refractivity contribution in [3.8, 4) is 5.75 Å². The Morgan fingerprint density at radius 2 is 2.10 bits per heavy atom. The summed E-state index contributed by atoms with van der Waals surface area (Å²) in [7, 11) is 0. The lowest BCUT2D eigenvalue weighted by molar-refractivity contribution is 0.111. The number of ether oxygens (including phenoxy) is 1. The van der Waals surface area contributed by atoms with Gasteiger partial charge in [0, 0.05) is 6.20 Å². The number of benzene rings is 1. The van der Waals surface area contributed by atoms with Crippen LogP contribution in [0.3, 0.4) is 0 Å². The van der Waals surface area contributed by atoms with Gasteiger partial charge in [-0.1, -0.05) is 19.9 Å². The molecule has 1 aromatic heterocycles. The molecule has 2 aromatic rings. The van der Waals surface area contributed by atoms with Gasteiger partial charge in [-0.25, -0.2) is 4.39 Å². The number of halogens is 1. The van der Waals surface area contributed by atoms with E-state index in [4.69, 9.17) is 4.74 Å². The summed E-state index contributed by atoms with van der Waals surface area (Å²) in [4.78, 5) is 10.9. The van der Waals surface area contributed by atoms with Crippen molar-refractivity contribution >= 4 is 6.29 Å². The van der Waals surface area contributed by atoms with Crippen LogP contribution in [0.2, 0.25) is 0 Å². The second-order valence-corrected chi connectivity index (χ2v) is 4.82. The van der Waals surface area contributed by atoms with Crippen LogP contribution in [0.1, 0.15) is 48.8 Å². The highest BCUT2D eigenvalue weighted by molar-refractivity contribution is 5.79. The van der Waals surface area contributed by atoms with Gasteiger partial charge in [-0.05, 0) is 31.0 Å². The van der Waals surface area contributed by atoms with Gasteiger partial charge in [0.1, 0.15) is 6.61 Å². The minimum Gasteiger partial charge on any atom is -0.483 e. The summed E-state index contributed by atoms with van der Waals surface area (Å²) in [6, 6.07) is 6.48.